The van der Waals surface area contributed by atoms with E-state index in [0.717, 1.165) is 11.6 Å². The summed E-state index contributed by atoms with van der Waals surface area (Å²) in [6.45, 7) is 8.15. The molecule has 0 spiro atoms. The van der Waals surface area contributed by atoms with E-state index >= 15 is 0 Å². The molecule has 2 aromatic carbocycles. The second kappa shape index (κ2) is 8.64. The highest BCUT2D eigenvalue weighted by molar-refractivity contribution is 7.89. The van der Waals surface area contributed by atoms with Gasteiger partial charge in [0.1, 0.15) is 6.26 Å². The Morgan fingerprint density at radius 1 is 1.13 bits per heavy atom. The van der Waals surface area contributed by atoms with Crippen molar-refractivity contribution >= 4 is 16.0 Å². The molecule has 0 radical (unpaired) electrons. The van der Waals surface area contributed by atoms with Crippen LogP contribution < -0.4 is 4.72 Å². The summed E-state index contributed by atoms with van der Waals surface area (Å²) in [7, 11) is -3.84. The van der Waals surface area contributed by atoms with Crippen LogP contribution in [0, 0.1) is 6.92 Å². The summed E-state index contributed by atoms with van der Waals surface area (Å²) in [6, 6.07) is 12.0. The van der Waals surface area contributed by atoms with E-state index in [9.17, 15) is 18.3 Å². The summed E-state index contributed by atoms with van der Waals surface area (Å²) in [5.74, 6) is -0.692. The molecule has 31 heavy (non-hydrogen) atoms. The average Bonchev–Trinajstić information content (AvgIpc) is 3.16. The summed E-state index contributed by atoms with van der Waals surface area (Å²) < 4.78 is 33.0. The number of hydrogen-bond donors (Lipinski definition) is 2. The maximum Gasteiger partial charge on any atom is 0.335 e. The fourth-order valence-electron chi connectivity index (χ4n) is 3.06. The molecule has 0 bridgehead atoms. The molecule has 3 rings (SSSR count). The lowest BCUT2D eigenvalue weighted by Crippen LogP contribution is -2.26. The molecule has 164 valence electrons. The molecule has 1 heterocycles. The molecule has 0 amide bonds. The third-order valence-corrected chi connectivity index (χ3v) is 6.43. The van der Waals surface area contributed by atoms with Gasteiger partial charge in [-0.3, -0.25) is 0 Å². The van der Waals surface area contributed by atoms with Crippen LogP contribution in [0.5, 0.6) is 0 Å². The monoisotopic (exact) mass is 442 g/mol. The van der Waals surface area contributed by atoms with Crippen LogP contribution in [-0.4, -0.2) is 31.0 Å². The molecule has 3 aromatic rings. The Bertz CT molecular complexity index is 1190. The van der Waals surface area contributed by atoms with Crippen molar-refractivity contribution in [3.8, 4) is 11.5 Å². The Hall–Kier alpha value is -2.97. The van der Waals surface area contributed by atoms with Gasteiger partial charge in [-0.25, -0.2) is 22.9 Å². The summed E-state index contributed by atoms with van der Waals surface area (Å²) >= 11 is 0. The van der Waals surface area contributed by atoms with E-state index in [2.05, 4.69) is 30.5 Å². The predicted octanol–water partition coefficient (Wildman–Crippen LogP) is 4.17. The summed E-state index contributed by atoms with van der Waals surface area (Å²) in [5.41, 5.74) is 3.19. The van der Waals surface area contributed by atoms with Gasteiger partial charge in [0.15, 0.2) is 0 Å². The molecule has 0 fully saturated rings. The van der Waals surface area contributed by atoms with E-state index in [-0.39, 0.29) is 22.4 Å². The number of oxazole rings is 1. The zero-order valence-electron chi connectivity index (χ0n) is 18.0. The lowest BCUT2D eigenvalue weighted by molar-refractivity contribution is 0.0696. The topological polar surface area (TPSA) is 110 Å². The minimum atomic E-state index is -3.84. The minimum absolute atomic E-state index is 0.0403. The van der Waals surface area contributed by atoms with Gasteiger partial charge in [0.05, 0.1) is 16.2 Å². The van der Waals surface area contributed by atoms with Crippen LogP contribution in [-0.2, 0) is 21.9 Å². The number of hydrogen-bond acceptors (Lipinski definition) is 5. The number of benzene rings is 2. The van der Waals surface area contributed by atoms with Gasteiger partial charge in [-0.05, 0) is 47.7 Å². The Kier molecular flexibility index (Phi) is 6.33. The van der Waals surface area contributed by atoms with E-state index < -0.39 is 16.0 Å². The molecule has 0 saturated carbocycles. The molecular weight excluding hydrogens is 416 g/mol. The molecule has 2 N–H and O–H groups in total. The number of sulfonamides is 1. The highest BCUT2D eigenvalue weighted by Gasteiger charge is 2.18. The zero-order chi connectivity index (χ0) is 22.8. The highest BCUT2D eigenvalue weighted by Crippen LogP contribution is 2.26. The van der Waals surface area contributed by atoms with Crippen molar-refractivity contribution in [3.05, 3.63) is 71.1 Å². The molecule has 0 aliphatic rings. The Balaban J connectivity index is 1.65. The summed E-state index contributed by atoms with van der Waals surface area (Å²) in [5, 5.41) is 9.20. The van der Waals surface area contributed by atoms with E-state index in [1.54, 1.807) is 6.92 Å². The molecule has 1 aromatic heterocycles. The van der Waals surface area contributed by atoms with E-state index in [1.807, 2.05) is 24.3 Å². The molecule has 0 aliphatic heterocycles. The summed E-state index contributed by atoms with van der Waals surface area (Å²) in [4.78, 5) is 15.6. The van der Waals surface area contributed by atoms with Crippen molar-refractivity contribution in [2.45, 2.75) is 44.4 Å². The van der Waals surface area contributed by atoms with E-state index in [0.29, 0.717) is 23.6 Å². The number of aromatic carboxylic acids is 1. The van der Waals surface area contributed by atoms with Crippen molar-refractivity contribution in [2.24, 2.45) is 0 Å². The van der Waals surface area contributed by atoms with Gasteiger partial charge >= 0.3 is 5.97 Å². The van der Waals surface area contributed by atoms with E-state index in [4.69, 9.17) is 4.42 Å². The van der Waals surface area contributed by atoms with Gasteiger partial charge in [-0.15, -0.1) is 0 Å². The Morgan fingerprint density at radius 2 is 1.81 bits per heavy atom. The van der Waals surface area contributed by atoms with Crippen LogP contribution in [0.1, 0.15) is 48.0 Å². The second-order valence-electron chi connectivity index (χ2n) is 8.40. The van der Waals surface area contributed by atoms with Crippen molar-refractivity contribution in [1.29, 1.82) is 0 Å². The fraction of sp³-hybridized carbons (Fsp3) is 0.304. The maximum absolute atomic E-state index is 12.5. The smallest absolute Gasteiger partial charge is 0.335 e. The van der Waals surface area contributed by atoms with Crippen LogP contribution in [0.4, 0.5) is 0 Å². The van der Waals surface area contributed by atoms with E-state index in [1.165, 1.54) is 24.0 Å². The first-order valence-electron chi connectivity index (χ1n) is 9.86. The zero-order valence-corrected chi connectivity index (χ0v) is 18.8. The first-order valence-corrected chi connectivity index (χ1v) is 11.3. The van der Waals surface area contributed by atoms with Gasteiger partial charge in [-0.1, -0.05) is 39.0 Å². The molecular formula is C23H26N2O5S. The number of carbonyl (C=O) groups is 1. The quantitative estimate of drug-likeness (QED) is 0.568. The van der Waals surface area contributed by atoms with Crippen LogP contribution in [0.25, 0.3) is 11.5 Å². The van der Waals surface area contributed by atoms with Crippen molar-refractivity contribution in [1.82, 2.24) is 9.71 Å². The number of carboxylic acid groups (broad SMARTS) is 1. The molecule has 0 saturated heterocycles. The normalized spacial score (nSPS) is 12.1. The molecule has 0 unspecified atom stereocenters. The summed E-state index contributed by atoms with van der Waals surface area (Å²) in [6.07, 6.45) is 1.84. The molecule has 7 nitrogen and oxygen atoms in total. The predicted molar refractivity (Wildman–Crippen MR) is 118 cm³/mol. The maximum atomic E-state index is 12.5. The minimum Gasteiger partial charge on any atom is -0.478 e. The third kappa shape index (κ3) is 5.39. The second-order valence-corrected chi connectivity index (χ2v) is 10.2. The van der Waals surface area contributed by atoms with Crippen molar-refractivity contribution in [3.63, 3.8) is 0 Å². The van der Waals surface area contributed by atoms with Crippen LogP contribution in [0.2, 0.25) is 0 Å². The van der Waals surface area contributed by atoms with Gasteiger partial charge in [-0.2, -0.15) is 0 Å². The number of aryl methyl sites for hydroxylation is 1. The largest absolute Gasteiger partial charge is 0.478 e. The molecule has 0 atom stereocenters. The first kappa shape index (κ1) is 22.7. The SMILES string of the molecule is Cc1ccc(S(=O)(=O)NCCc2coc(-c3ccc(C(C)(C)C)cc3)n2)cc1C(=O)O. The fourth-order valence-corrected chi connectivity index (χ4v) is 4.12. The van der Waals surface area contributed by atoms with Crippen LogP contribution >= 0.6 is 0 Å². The third-order valence-electron chi connectivity index (χ3n) is 4.97. The first-order chi connectivity index (χ1) is 14.5. The van der Waals surface area contributed by atoms with Gasteiger partial charge < -0.3 is 9.52 Å². The lowest BCUT2D eigenvalue weighted by atomic mass is 9.87. The van der Waals surface area contributed by atoms with Crippen molar-refractivity contribution < 1.29 is 22.7 Å². The number of nitrogens with zero attached hydrogens (tertiary/aromatic N) is 1. The lowest BCUT2D eigenvalue weighted by Gasteiger charge is -2.18. The standard InChI is InChI=1S/C23H26N2O5S/c1-15-5-10-19(13-20(15)22(26)27)31(28,29)24-12-11-18-14-30-21(25-18)16-6-8-17(9-7-16)23(2,3)4/h5-10,13-14,24H,11-12H2,1-4H3,(H,26,27). The highest BCUT2D eigenvalue weighted by atomic mass is 32.2. The van der Waals surface area contributed by atoms with Gasteiger partial charge in [0.25, 0.3) is 0 Å². The van der Waals surface area contributed by atoms with Crippen LogP contribution in [0.3, 0.4) is 0 Å². The number of rotatable bonds is 7. The average molecular weight is 443 g/mol. The van der Waals surface area contributed by atoms with Gasteiger partial charge in [0, 0.05) is 18.5 Å². The number of carboxylic acids is 1. The Morgan fingerprint density at radius 3 is 2.42 bits per heavy atom. The number of aromatic nitrogens is 1. The van der Waals surface area contributed by atoms with Gasteiger partial charge in [0.2, 0.25) is 15.9 Å². The number of nitrogens with one attached hydrogen (secondary N) is 1. The van der Waals surface area contributed by atoms with Crippen LogP contribution in [0.15, 0.2) is 58.0 Å². The Labute approximate surface area is 182 Å². The molecule has 8 heteroatoms. The van der Waals surface area contributed by atoms with Crippen molar-refractivity contribution in [2.75, 3.05) is 6.54 Å². The molecule has 0 aliphatic carbocycles.